The van der Waals surface area contributed by atoms with Crippen LogP contribution in [0.4, 0.5) is 11.4 Å². The molecule has 0 amide bonds. The van der Waals surface area contributed by atoms with Crippen molar-refractivity contribution in [3.8, 4) is 27.9 Å². The smallest absolute Gasteiger partial charge is 0.143 e. The summed E-state index contributed by atoms with van der Waals surface area (Å²) in [6.45, 7) is 4.47. The number of rotatable bonds is 9. The predicted molar refractivity (Wildman–Crippen MR) is 276 cm³/mol. The van der Waals surface area contributed by atoms with Gasteiger partial charge in [0.15, 0.2) is 0 Å². The minimum Gasteiger partial charge on any atom is -0.455 e. The molecule has 0 aliphatic rings. The molecule has 10 aromatic carbocycles. The maximum absolute atomic E-state index is 6.86. The number of furan rings is 1. The van der Waals surface area contributed by atoms with Crippen molar-refractivity contribution >= 4 is 82.7 Å². The van der Waals surface area contributed by atoms with Crippen molar-refractivity contribution in [3.63, 3.8) is 0 Å². The first kappa shape index (κ1) is 38.0. The molecule has 12 aromatic rings. The first-order chi connectivity index (χ1) is 32.2. The van der Waals surface area contributed by atoms with Gasteiger partial charge >= 0.3 is 0 Å². The minimum atomic E-state index is 0.857. The standard InChI is InChI=1S/C62H42N2O/c1-2-47(26-16-20-42-19-15-25-46(39-42)49-31-17-24-43-21-5-6-27-48(43)49)63(59-37-13-14-38-60(59)64-57-35-11-7-28-50(57)51-29-8-12-36-58(51)64)56-34-10-9-30-52(56)53-32-18-33-54-55-40-44-22-3-4-23-45(44)41-61(55)65-62(53)54/h2-41H,1H2/b20-16+,47-26+. The van der Waals surface area contributed by atoms with Crippen molar-refractivity contribution in [1.29, 1.82) is 0 Å². The van der Waals surface area contributed by atoms with E-state index >= 15 is 0 Å². The molecule has 306 valence electrons. The average Bonchev–Trinajstić information content (AvgIpc) is 3.90. The monoisotopic (exact) mass is 830 g/mol. The minimum absolute atomic E-state index is 0.857. The molecule has 0 saturated heterocycles. The number of nitrogens with zero attached hydrogens (tertiary/aromatic N) is 2. The molecular formula is C62H42N2O. The highest BCUT2D eigenvalue weighted by Crippen LogP contribution is 2.46. The topological polar surface area (TPSA) is 21.3 Å². The van der Waals surface area contributed by atoms with E-state index in [1.165, 1.54) is 38.1 Å². The van der Waals surface area contributed by atoms with Crippen LogP contribution >= 0.6 is 0 Å². The Labute approximate surface area is 377 Å². The molecular weight excluding hydrogens is 789 g/mol. The van der Waals surface area contributed by atoms with Gasteiger partial charge in [-0.1, -0.05) is 189 Å². The molecule has 0 aliphatic carbocycles. The lowest BCUT2D eigenvalue weighted by Gasteiger charge is -2.30. The molecule has 0 fully saturated rings. The summed E-state index contributed by atoms with van der Waals surface area (Å²) in [6, 6.07) is 78.0. The van der Waals surface area contributed by atoms with Crippen LogP contribution < -0.4 is 4.90 Å². The molecule has 12 rings (SSSR count). The van der Waals surface area contributed by atoms with Crippen LogP contribution in [0, 0.1) is 0 Å². The van der Waals surface area contributed by atoms with Gasteiger partial charge in [0.2, 0.25) is 0 Å². The van der Waals surface area contributed by atoms with Crippen LogP contribution in [0.1, 0.15) is 5.56 Å². The van der Waals surface area contributed by atoms with Crippen molar-refractivity contribution in [1.82, 2.24) is 4.57 Å². The molecule has 3 heteroatoms. The predicted octanol–water partition coefficient (Wildman–Crippen LogP) is 17.2. The third-order valence-electron chi connectivity index (χ3n) is 12.8. The lowest BCUT2D eigenvalue weighted by Crippen LogP contribution is -2.18. The molecule has 2 heterocycles. The second-order valence-electron chi connectivity index (χ2n) is 16.5. The molecule has 0 aliphatic heterocycles. The van der Waals surface area contributed by atoms with Gasteiger partial charge in [-0.2, -0.15) is 0 Å². The third kappa shape index (κ3) is 6.52. The van der Waals surface area contributed by atoms with Crippen LogP contribution in [-0.4, -0.2) is 4.57 Å². The molecule has 3 nitrogen and oxygen atoms in total. The fourth-order valence-corrected chi connectivity index (χ4v) is 9.80. The number of benzene rings is 10. The summed E-state index contributed by atoms with van der Waals surface area (Å²) in [7, 11) is 0. The number of aromatic nitrogens is 1. The second kappa shape index (κ2) is 15.9. The summed E-state index contributed by atoms with van der Waals surface area (Å²) in [5, 5.41) is 9.43. The van der Waals surface area contributed by atoms with E-state index in [-0.39, 0.29) is 0 Å². The van der Waals surface area contributed by atoms with Crippen LogP contribution in [0.2, 0.25) is 0 Å². The van der Waals surface area contributed by atoms with E-state index in [9.17, 15) is 0 Å². The molecule has 0 unspecified atom stereocenters. The van der Waals surface area contributed by atoms with E-state index in [0.717, 1.165) is 77.8 Å². The van der Waals surface area contributed by atoms with E-state index < -0.39 is 0 Å². The highest BCUT2D eigenvalue weighted by molar-refractivity contribution is 6.14. The van der Waals surface area contributed by atoms with E-state index in [1.807, 2.05) is 6.08 Å². The largest absolute Gasteiger partial charge is 0.455 e. The Hall–Kier alpha value is -8.66. The summed E-state index contributed by atoms with van der Waals surface area (Å²) in [5.74, 6) is 0. The van der Waals surface area contributed by atoms with Crippen molar-refractivity contribution in [2.75, 3.05) is 4.90 Å². The molecule has 0 radical (unpaired) electrons. The van der Waals surface area contributed by atoms with Gasteiger partial charge in [0.25, 0.3) is 0 Å². The van der Waals surface area contributed by atoms with Crippen molar-refractivity contribution < 1.29 is 4.42 Å². The van der Waals surface area contributed by atoms with Gasteiger partial charge in [0.1, 0.15) is 11.2 Å². The fraction of sp³-hybridized carbons (Fsp3) is 0. The number of hydrogen-bond donors (Lipinski definition) is 0. The lowest BCUT2D eigenvalue weighted by atomic mass is 9.97. The first-order valence-corrected chi connectivity index (χ1v) is 22.1. The van der Waals surface area contributed by atoms with Crippen LogP contribution in [-0.2, 0) is 0 Å². The quantitative estimate of drug-likeness (QED) is 0.135. The summed E-state index contributed by atoms with van der Waals surface area (Å²) >= 11 is 0. The van der Waals surface area contributed by atoms with E-state index in [0.29, 0.717) is 0 Å². The SMILES string of the molecule is C=C/C(=C\C=C\c1cccc(-c2cccc3ccccc23)c1)N(c1ccccc1-c1cccc2c1oc1cc3ccccc3cc12)c1ccccc1-n1c2ccccc2c2ccccc21. The first-order valence-electron chi connectivity index (χ1n) is 22.1. The maximum Gasteiger partial charge on any atom is 0.143 e. The van der Waals surface area contributed by atoms with Crippen LogP contribution in [0.5, 0.6) is 0 Å². The van der Waals surface area contributed by atoms with Crippen LogP contribution in [0.25, 0.3) is 99.3 Å². The number of fused-ring (bicyclic) bond motifs is 8. The highest BCUT2D eigenvalue weighted by atomic mass is 16.3. The molecule has 65 heavy (non-hydrogen) atoms. The van der Waals surface area contributed by atoms with Gasteiger partial charge in [0, 0.05) is 38.4 Å². The molecule has 0 atom stereocenters. The zero-order chi connectivity index (χ0) is 43.3. The van der Waals surface area contributed by atoms with Crippen molar-refractivity contribution in [2.45, 2.75) is 0 Å². The summed E-state index contributed by atoms with van der Waals surface area (Å²) < 4.78 is 9.26. The third-order valence-corrected chi connectivity index (χ3v) is 12.8. The Morgan fingerprint density at radius 3 is 1.85 bits per heavy atom. The van der Waals surface area contributed by atoms with Gasteiger partial charge < -0.3 is 13.9 Å². The van der Waals surface area contributed by atoms with E-state index in [2.05, 4.69) is 253 Å². The fourth-order valence-electron chi connectivity index (χ4n) is 9.80. The molecule has 2 aromatic heterocycles. The van der Waals surface area contributed by atoms with E-state index in [1.54, 1.807) is 0 Å². The second-order valence-corrected chi connectivity index (χ2v) is 16.5. The molecule has 0 spiro atoms. The highest BCUT2D eigenvalue weighted by Gasteiger charge is 2.24. The molecule has 0 N–H and O–H groups in total. The number of para-hydroxylation sites is 6. The summed E-state index contributed by atoms with van der Waals surface area (Å²) in [6.07, 6.45) is 8.46. The van der Waals surface area contributed by atoms with Crippen molar-refractivity contribution in [2.24, 2.45) is 0 Å². The molecule has 0 saturated carbocycles. The Balaban J connectivity index is 1.05. The van der Waals surface area contributed by atoms with Gasteiger partial charge in [-0.3, -0.25) is 0 Å². The number of hydrogen-bond acceptors (Lipinski definition) is 2. The summed E-state index contributed by atoms with van der Waals surface area (Å²) in [5.41, 5.74) is 13.5. The average molecular weight is 831 g/mol. The van der Waals surface area contributed by atoms with Crippen LogP contribution in [0.15, 0.2) is 253 Å². The lowest BCUT2D eigenvalue weighted by molar-refractivity contribution is 0.670. The number of allylic oxidation sites excluding steroid dienone is 3. The van der Waals surface area contributed by atoms with Crippen LogP contribution in [0.3, 0.4) is 0 Å². The Bertz CT molecular complexity index is 3820. The number of anilines is 2. The normalized spacial score (nSPS) is 12.1. The Kier molecular flexibility index (Phi) is 9.31. The van der Waals surface area contributed by atoms with Crippen molar-refractivity contribution in [3.05, 3.63) is 254 Å². The Morgan fingerprint density at radius 1 is 0.462 bits per heavy atom. The van der Waals surface area contributed by atoms with Gasteiger partial charge in [-0.15, -0.1) is 0 Å². The summed E-state index contributed by atoms with van der Waals surface area (Å²) in [4.78, 5) is 2.36. The van der Waals surface area contributed by atoms with Gasteiger partial charge in [0.05, 0.1) is 28.1 Å². The Morgan fingerprint density at radius 2 is 1.05 bits per heavy atom. The van der Waals surface area contributed by atoms with E-state index in [4.69, 9.17) is 4.42 Å². The van der Waals surface area contributed by atoms with Gasteiger partial charge in [-0.25, -0.2) is 0 Å². The zero-order valence-corrected chi connectivity index (χ0v) is 35.6. The maximum atomic E-state index is 6.86. The zero-order valence-electron chi connectivity index (χ0n) is 35.6. The van der Waals surface area contributed by atoms with Gasteiger partial charge in [-0.05, 0) is 98.9 Å². The molecule has 0 bridgehead atoms.